The second-order valence-corrected chi connectivity index (χ2v) is 7.99. The molecule has 1 saturated carbocycles. The first-order valence-corrected chi connectivity index (χ1v) is 10.2. The first-order valence-electron chi connectivity index (χ1n) is 10.2. The summed E-state index contributed by atoms with van der Waals surface area (Å²) in [6, 6.07) is 10.0. The normalized spacial score (nSPS) is 27.6. The monoisotopic (exact) mass is 367 g/mol. The van der Waals surface area contributed by atoms with Crippen LogP contribution in [0, 0.1) is 11.8 Å². The molecule has 1 amide bonds. The van der Waals surface area contributed by atoms with Crippen LogP contribution in [0.2, 0.25) is 0 Å². The topological polar surface area (TPSA) is 58.4 Å². The van der Waals surface area contributed by atoms with E-state index >= 15 is 0 Å². The Bertz CT molecular complexity index is 788. The summed E-state index contributed by atoms with van der Waals surface area (Å²) in [6.07, 6.45) is 8.02. The van der Waals surface area contributed by atoms with Crippen molar-refractivity contribution in [1.29, 1.82) is 0 Å². The van der Waals surface area contributed by atoms with Gasteiger partial charge in [0.15, 0.2) is 0 Å². The molecule has 0 unspecified atom stereocenters. The van der Waals surface area contributed by atoms with Crippen molar-refractivity contribution in [3.05, 3.63) is 54.1 Å². The summed E-state index contributed by atoms with van der Waals surface area (Å²) < 4.78 is 2.07. The van der Waals surface area contributed by atoms with Crippen LogP contribution in [0.25, 0.3) is 0 Å². The number of carbonyl (C=O) groups excluding carboxylic acids is 1. The number of carbonyl (C=O) groups is 1. The molecular weight excluding hydrogens is 338 g/mol. The number of amides is 1. The second kappa shape index (κ2) is 7.47. The predicted molar refractivity (Wildman–Crippen MR) is 104 cm³/mol. The summed E-state index contributed by atoms with van der Waals surface area (Å²) in [5, 5.41) is 11.5. The van der Waals surface area contributed by atoms with Crippen molar-refractivity contribution in [3.63, 3.8) is 0 Å². The molecule has 1 aromatic heterocycles. The number of imidazole rings is 1. The lowest BCUT2D eigenvalue weighted by Crippen LogP contribution is -2.42. The van der Waals surface area contributed by atoms with E-state index < -0.39 is 5.60 Å². The maximum atomic E-state index is 12.8. The molecule has 5 nitrogen and oxygen atoms in total. The number of aliphatic hydroxyl groups is 1. The van der Waals surface area contributed by atoms with E-state index in [2.05, 4.69) is 16.5 Å². The SMILES string of the molecule is CCc1nccn1CCC(=O)N1C[C@@H]2CCC[C@@](O)(c3ccccc3)[C@@H]2C1. The molecule has 1 N–H and O–H groups in total. The Morgan fingerprint density at radius 2 is 2.11 bits per heavy atom. The van der Waals surface area contributed by atoms with Crippen molar-refractivity contribution >= 4 is 5.91 Å². The standard InChI is InChI=1S/C22H29N3O2/c1-2-20-23-12-14-24(20)13-10-21(26)25-15-17-7-6-11-22(27,19(17)16-25)18-8-4-3-5-9-18/h3-5,8-9,12,14,17,19,27H,2,6-7,10-11,13,15-16H2,1H3/t17-,19+,22+/m0/s1. The average Bonchev–Trinajstić information content (AvgIpc) is 3.34. The van der Waals surface area contributed by atoms with Gasteiger partial charge in [0.25, 0.3) is 0 Å². The Morgan fingerprint density at radius 3 is 2.89 bits per heavy atom. The van der Waals surface area contributed by atoms with E-state index in [-0.39, 0.29) is 11.8 Å². The molecule has 27 heavy (non-hydrogen) atoms. The van der Waals surface area contributed by atoms with Crippen LogP contribution in [0.15, 0.2) is 42.7 Å². The van der Waals surface area contributed by atoms with Gasteiger partial charge < -0.3 is 14.6 Å². The molecule has 5 heteroatoms. The summed E-state index contributed by atoms with van der Waals surface area (Å²) in [4.78, 5) is 19.2. The summed E-state index contributed by atoms with van der Waals surface area (Å²) in [5.41, 5.74) is 0.193. The van der Waals surface area contributed by atoms with Crippen molar-refractivity contribution in [3.8, 4) is 0 Å². The van der Waals surface area contributed by atoms with Gasteiger partial charge in [0.2, 0.25) is 5.91 Å². The Kier molecular flexibility index (Phi) is 5.04. The van der Waals surface area contributed by atoms with Crippen molar-refractivity contribution < 1.29 is 9.90 Å². The Labute approximate surface area is 161 Å². The summed E-state index contributed by atoms with van der Waals surface area (Å²) in [5.74, 6) is 1.75. The molecule has 2 aromatic rings. The molecule has 2 heterocycles. The molecule has 1 aromatic carbocycles. The highest BCUT2D eigenvalue weighted by atomic mass is 16.3. The summed E-state index contributed by atoms with van der Waals surface area (Å²) in [7, 11) is 0. The number of aromatic nitrogens is 2. The van der Waals surface area contributed by atoms with Gasteiger partial charge in [0.05, 0.1) is 5.60 Å². The van der Waals surface area contributed by atoms with Crippen molar-refractivity contribution in [2.75, 3.05) is 13.1 Å². The molecule has 0 spiro atoms. The fourth-order valence-electron chi connectivity index (χ4n) is 5.04. The molecule has 2 fully saturated rings. The lowest BCUT2D eigenvalue weighted by atomic mass is 9.67. The van der Waals surface area contributed by atoms with Crippen LogP contribution < -0.4 is 0 Å². The van der Waals surface area contributed by atoms with E-state index in [1.165, 1.54) is 0 Å². The molecule has 0 radical (unpaired) electrons. The summed E-state index contributed by atoms with van der Waals surface area (Å²) in [6.45, 7) is 4.20. The third-order valence-corrected chi connectivity index (χ3v) is 6.50. The molecule has 1 aliphatic heterocycles. The van der Waals surface area contributed by atoms with E-state index in [4.69, 9.17) is 0 Å². The Hall–Kier alpha value is -2.14. The van der Waals surface area contributed by atoms with Gasteiger partial charge in [-0.3, -0.25) is 4.79 Å². The van der Waals surface area contributed by atoms with E-state index in [0.717, 1.165) is 43.6 Å². The van der Waals surface area contributed by atoms with Gasteiger partial charge in [-0.2, -0.15) is 0 Å². The highest BCUT2D eigenvalue weighted by Gasteiger charge is 2.50. The Morgan fingerprint density at radius 1 is 1.30 bits per heavy atom. The zero-order valence-corrected chi connectivity index (χ0v) is 16.1. The minimum Gasteiger partial charge on any atom is -0.385 e. The van der Waals surface area contributed by atoms with Gasteiger partial charge in [-0.05, 0) is 30.7 Å². The highest BCUT2D eigenvalue weighted by Crippen LogP contribution is 2.48. The van der Waals surface area contributed by atoms with Crippen LogP contribution in [0.3, 0.4) is 0 Å². The van der Waals surface area contributed by atoms with E-state index in [1.807, 2.05) is 41.4 Å². The van der Waals surface area contributed by atoms with Crippen LogP contribution in [-0.2, 0) is 23.4 Å². The maximum absolute atomic E-state index is 12.8. The predicted octanol–water partition coefficient (Wildman–Crippen LogP) is 2.98. The van der Waals surface area contributed by atoms with E-state index in [9.17, 15) is 9.90 Å². The lowest BCUT2D eigenvalue weighted by Gasteiger charge is -2.41. The number of fused-ring (bicyclic) bond motifs is 1. The quantitative estimate of drug-likeness (QED) is 0.884. The molecule has 1 saturated heterocycles. The number of hydrogen-bond acceptors (Lipinski definition) is 3. The minimum atomic E-state index is -0.807. The first kappa shape index (κ1) is 18.2. The molecule has 1 aliphatic carbocycles. The third kappa shape index (κ3) is 3.41. The van der Waals surface area contributed by atoms with Gasteiger partial charge in [-0.1, -0.05) is 37.3 Å². The van der Waals surface area contributed by atoms with Gasteiger partial charge in [-0.25, -0.2) is 4.98 Å². The molecule has 3 atom stereocenters. The summed E-state index contributed by atoms with van der Waals surface area (Å²) >= 11 is 0. The van der Waals surface area contributed by atoms with Crippen LogP contribution in [0.4, 0.5) is 0 Å². The molecule has 4 rings (SSSR count). The number of hydrogen-bond donors (Lipinski definition) is 1. The van der Waals surface area contributed by atoms with Gasteiger partial charge in [-0.15, -0.1) is 0 Å². The van der Waals surface area contributed by atoms with Crippen LogP contribution in [0.1, 0.15) is 44.0 Å². The first-order chi connectivity index (χ1) is 13.1. The fraction of sp³-hybridized carbons (Fsp3) is 0.545. The minimum absolute atomic E-state index is 0.136. The zero-order chi connectivity index (χ0) is 18.9. The van der Waals surface area contributed by atoms with Crippen molar-refractivity contribution in [1.82, 2.24) is 14.5 Å². The average molecular weight is 367 g/mol. The van der Waals surface area contributed by atoms with E-state index in [0.29, 0.717) is 25.4 Å². The third-order valence-electron chi connectivity index (χ3n) is 6.50. The highest BCUT2D eigenvalue weighted by molar-refractivity contribution is 5.76. The fourth-order valence-corrected chi connectivity index (χ4v) is 5.04. The number of likely N-dealkylation sites (tertiary alicyclic amines) is 1. The van der Waals surface area contributed by atoms with Gasteiger partial charge in [0.1, 0.15) is 5.82 Å². The Balaban J connectivity index is 1.44. The van der Waals surface area contributed by atoms with Crippen molar-refractivity contribution in [2.45, 2.75) is 51.2 Å². The van der Waals surface area contributed by atoms with Gasteiger partial charge in [0, 0.05) is 50.8 Å². The lowest BCUT2D eigenvalue weighted by molar-refractivity contribution is -0.131. The molecule has 2 aliphatic rings. The van der Waals surface area contributed by atoms with E-state index in [1.54, 1.807) is 6.20 Å². The number of nitrogens with zero attached hydrogens (tertiary/aromatic N) is 3. The smallest absolute Gasteiger partial charge is 0.224 e. The molecule has 144 valence electrons. The largest absolute Gasteiger partial charge is 0.385 e. The van der Waals surface area contributed by atoms with Crippen LogP contribution in [0.5, 0.6) is 0 Å². The van der Waals surface area contributed by atoms with Crippen LogP contribution >= 0.6 is 0 Å². The number of aryl methyl sites for hydroxylation is 2. The number of benzene rings is 1. The van der Waals surface area contributed by atoms with Crippen LogP contribution in [-0.4, -0.2) is 38.6 Å². The molecular formula is C22H29N3O2. The van der Waals surface area contributed by atoms with Crippen molar-refractivity contribution in [2.24, 2.45) is 11.8 Å². The van der Waals surface area contributed by atoms with Gasteiger partial charge >= 0.3 is 0 Å². The second-order valence-electron chi connectivity index (χ2n) is 7.99. The number of rotatable bonds is 5. The maximum Gasteiger partial charge on any atom is 0.224 e. The zero-order valence-electron chi connectivity index (χ0n) is 16.1. The molecule has 0 bridgehead atoms.